The molecule has 0 heterocycles. The Kier molecular flexibility index (Phi) is 8.51. The second-order valence-corrected chi connectivity index (χ2v) is 5.97. The zero-order valence-corrected chi connectivity index (χ0v) is 15.6. The van der Waals surface area contributed by atoms with E-state index in [1.807, 2.05) is 0 Å². The Balaban J connectivity index is 2.44. The Morgan fingerprint density at radius 2 is 1.88 bits per heavy atom. The van der Waals surface area contributed by atoms with Gasteiger partial charge in [0.1, 0.15) is 11.8 Å². The van der Waals surface area contributed by atoms with Crippen LogP contribution in [0, 0.1) is 0 Å². The standard InChI is InChI=1S/C16H20Cl2N2O5/c1-4-19-15(22)9(2)20-14(21)8-24-16(23)10(3)25-13-6-5-11(17)7-12(13)18/h5-7,9-10H,4,8H2,1-3H3,(H,19,22)(H,20,21)/t9-,10+/m1/s1. The molecule has 0 saturated carbocycles. The van der Waals surface area contributed by atoms with Gasteiger partial charge < -0.3 is 20.1 Å². The van der Waals surface area contributed by atoms with E-state index in [1.54, 1.807) is 13.0 Å². The van der Waals surface area contributed by atoms with E-state index in [4.69, 9.17) is 32.7 Å². The maximum atomic E-state index is 11.9. The van der Waals surface area contributed by atoms with Crippen LogP contribution in [0.5, 0.6) is 5.75 Å². The molecule has 0 aliphatic heterocycles. The van der Waals surface area contributed by atoms with E-state index >= 15 is 0 Å². The molecule has 0 radical (unpaired) electrons. The number of amides is 2. The van der Waals surface area contributed by atoms with Gasteiger partial charge in [-0.1, -0.05) is 23.2 Å². The van der Waals surface area contributed by atoms with Crippen molar-refractivity contribution < 1.29 is 23.9 Å². The Morgan fingerprint density at radius 3 is 2.48 bits per heavy atom. The average Bonchev–Trinajstić information content (AvgIpc) is 2.55. The lowest BCUT2D eigenvalue weighted by Crippen LogP contribution is -2.46. The summed E-state index contributed by atoms with van der Waals surface area (Å²) in [5.41, 5.74) is 0. The number of rotatable bonds is 8. The molecule has 0 bridgehead atoms. The first kappa shape index (κ1) is 21.1. The minimum absolute atomic E-state index is 0.251. The summed E-state index contributed by atoms with van der Waals surface area (Å²) < 4.78 is 10.2. The summed E-state index contributed by atoms with van der Waals surface area (Å²) in [6, 6.07) is 3.84. The molecule has 2 N–H and O–H groups in total. The summed E-state index contributed by atoms with van der Waals surface area (Å²) in [7, 11) is 0. The molecule has 1 aromatic rings. The van der Waals surface area contributed by atoms with E-state index in [0.717, 1.165) is 0 Å². The molecule has 0 aromatic heterocycles. The quantitative estimate of drug-likeness (QED) is 0.661. The summed E-state index contributed by atoms with van der Waals surface area (Å²) >= 11 is 11.7. The molecule has 0 saturated heterocycles. The molecule has 0 unspecified atom stereocenters. The first-order valence-corrected chi connectivity index (χ1v) is 8.35. The predicted molar refractivity (Wildman–Crippen MR) is 93.8 cm³/mol. The van der Waals surface area contributed by atoms with Crippen LogP contribution in [0.15, 0.2) is 18.2 Å². The number of nitrogens with one attached hydrogen (secondary N) is 2. The smallest absolute Gasteiger partial charge is 0.347 e. The molecular weight excluding hydrogens is 371 g/mol. The predicted octanol–water partition coefficient (Wildman–Crippen LogP) is 1.94. The maximum absolute atomic E-state index is 11.9. The van der Waals surface area contributed by atoms with Crippen molar-refractivity contribution in [1.82, 2.24) is 10.6 Å². The molecule has 25 heavy (non-hydrogen) atoms. The van der Waals surface area contributed by atoms with Gasteiger partial charge in [-0.3, -0.25) is 9.59 Å². The number of halogens is 2. The van der Waals surface area contributed by atoms with E-state index < -0.39 is 30.6 Å². The Hall–Kier alpha value is -1.99. The summed E-state index contributed by atoms with van der Waals surface area (Å²) in [6.45, 7) is 4.69. The van der Waals surface area contributed by atoms with Crippen molar-refractivity contribution >= 4 is 41.0 Å². The van der Waals surface area contributed by atoms with Crippen molar-refractivity contribution in [3.8, 4) is 5.75 Å². The number of likely N-dealkylation sites (N-methyl/N-ethyl adjacent to an activating group) is 1. The van der Waals surface area contributed by atoms with Crippen LogP contribution in [0.4, 0.5) is 0 Å². The number of benzene rings is 1. The van der Waals surface area contributed by atoms with Crippen molar-refractivity contribution in [2.45, 2.75) is 32.9 Å². The SMILES string of the molecule is CCNC(=O)[C@@H](C)NC(=O)COC(=O)[C@H](C)Oc1ccc(Cl)cc1Cl. The molecule has 7 nitrogen and oxygen atoms in total. The minimum atomic E-state index is -0.979. The van der Waals surface area contributed by atoms with Gasteiger partial charge in [-0.05, 0) is 39.0 Å². The number of hydrogen-bond acceptors (Lipinski definition) is 5. The number of carbonyl (C=O) groups is 3. The third-order valence-electron chi connectivity index (χ3n) is 3.00. The lowest BCUT2D eigenvalue weighted by molar-refractivity contribution is -0.155. The van der Waals surface area contributed by atoms with Crippen molar-refractivity contribution in [2.75, 3.05) is 13.2 Å². The fraction of sp³-hybridized carbons (Fsp3) is 0.438. The fourth-order valence-electron chi connectivity index (χ4n) is 1.74. The van der Waals surface area contributed by atoms with E-state index in [-0.39, 0.29) is 16.7 Å². The summed E-state index contributed by atoms with van der Waals surface area (Å²) in [6.07, 6.45) is -0.979. The van der Waals surface area contributed by atoms with Gasteiger partial charge in [-0.2, -0.15) is 0 Å². The summed E-state index contributed by atoms with van der Waals surface area (Å²) in [4.78, 5) is 35.1. The molecule has 1 rings (SSSR count). The van der Waals surface area contributed by atoms with Crippen molar-refractivity contribution in [2.24, 2.45) is 0 Å². The van der Waals surface area contributed by atoms with Crippen LogP contribution < -0.4 is 15.4 Å². The van der Waals surface area contributed by atoms with Gasteiger partial charge >= 0.3 is 5.97 Å². The Labute approximate surface area is 155 Å². The molecule has 9 heteroatoms. The van der Waals surface area contributed by atoms with E-state index in [0.29, 0.717) is 11.6 Å². The van der Waals surface area contributed by atoms with Crippen molar-refractivity contribution in [3.05, 3.63) is 28.2 Å². The van der Waals surface area contributed by atoms with Crippen LogP contribution in [-0.2, 0) is 19.1 Å². The normalized spacial score (nSPS) is 12.7. The third kappa shape index (κ3) is 7.19. The molecule has 2 amide bonds. The van der Waals surface area contributed by atoms with Crippen LogP contribution >= 0.6 is 23.2 Å². The number of ether oxygens (including phenoxy) is 2. The van der Waals surface area contributed by atoms with Gasteiger partial charge in [-0.25, -0.2) is 4.79 Å². The molecule has 0 aliphatic carbocycles. The van der Waals surface area contributed by atoms with Gasteiger partial charge in [-0.15, -0.1) is 0 Å². The number of carbonyl (C=O) groups excluding carboxylic acids is 3. The largest absolute Gasteiger partial charge is 0.477 e. The second-order valence-electron chi connectivity index (χ2n) is 5.13. The van der Waals surface area contributed by atoms with Gasteiger partial charge in [0.15, 0.2) is 12.7 Å². The minimum Gasteiger partial charge on any atom is -0.477 e. The van der Waals surface area contributed by atoms with Gasteiger partial charge in [0.25, 0.3) is 5.91 Å². The average molecular weight is 391 g/mol. The van der Waals surface area contributed by atoms with Gasteiger partial charge in [0.05, 0.1) is 5.02 Å². The lowest BCUT2D eigenvalue weighted by Gasteiger charge is -2.16. The third-order valence-corrected chi connectivity index (χ3v) is 3.53. The zero-order chi connectivity index (χ0) is 19.0. The molecule has 0 fully saturated rings. The second kappa shape index (κ2) is 10.1. The number of esters is 1. The Morgan fingerprint density at radius 1 is 1.20 bits per heavy atom. The highest BCUT2D eigenvalue weighted by molar-refractivity contribution is 6.35. The fourth-order valence-corrected chi connectivity index (χ4v) is 2.19. The van der Waals surface area contributed by atoms with Crippen molar-refractivity contribution in [3.63, 3.8) is 0 Å². The summed E-state index contributed by atoms with van der Waals surface area (Å²) in [5.74, 6) is -1.39. The van der Waals surface area contributed by atoms with E-state index in [1.165, 1.54) is 26.0 Å². The highest BCUT2D eigenvalue weighted by atomic mass is 35.5. The molecule has 0 spiro atoms. The van der Waals surface area contributed by atoms with E-state index in [9.17, 15) is 14.4 Å². The van der Waals surface area contributed by atoms with Crippen LogP contribution in [0.1, 0.15) is 20.8 Å². The lowest BCUT2D eigenvalue weighted by atomic mass is 10.3. The maximum Gasteiger partial charge on any atom is 0.347 e. The zero-order valence-electron chi connectivity index (χ0n) is 14.1. The molecule has 1 aromatic carbocycles. The monoisotopic (exact) mass is 390 g/mol. The molecule has 138 valence electrons. The van der Waals surface area contributed by atoms with Crippen LogP contribution in [-0.4, -0.2) is 43.1 Å². The Bertz CT molecular complexity index is 639. The topological polar surface area (TPSA) is 93.7 Å². The van der Waals surface area contributed by atoms with Crippen LogP contribution in [0.2, 0.25) is 10.0 Å². The highest BCUT2D eigenvalue weighted by Gasteiger charge is 2.20. The first-order chi connectivity index (χ1) is 11.7. The summed E-state index contributed by atoms with van der Waals surface area (Å²) in [5, 5.41) is 5.67. The van der Waals surface area contributed by atoms with E-state index in [2.05, 4.69) is 10.6 Å². The molecule has 0 aliphatic rings. The van der Waals surface area contributed by atoms with Gasteiger partial charge in [0.2, 0.25) is 5.91 Å². The highest BCUT2D eigenvalue weighted by Crippen LogP contribution is 2.28. The molecular formula is C16H20Cl2N2O5. The van der Waals surface area contributed by atoms with Gasteiger partial charge in [0, 0.05) is 11.6 Å². The number of hydrogen-bond donors (Lipinski definition) is 2. The first-order valence-electron chi connectivity index (χ1n) is 7.60. The van der Waals surface area contributed by atoms with Crippen molar-refractivity contribution in [1.29, 1.82) is 0 Å². The van der Waals surface area contributed by atoms with Crippen LogP contribution in [0.25, 0.3) is 0 Å². The van der Waals surface area contributed by atoms with Crippen LogP contribution in [0.3, 0.4) is 0 Å². The molecule has 2 atom stereocenters.